The number of carbonyl (C=O) groups is 4. The number of hydrogen-bond donors (Lipinski definition) is 4. The molecule has 1 aliphatic heterocycles. The van der Waals surface area contributed by atoms with Gasteiger partial charge in [0.05, 0.1) is 18.6 Å². The van der Waals surface area contributed by atoms with Crippen LogP contribution >= 0.6 is 11.6 Å². The summed E-state index contributed by atoms with van der Waals surface area (Å²) in [7, 11) is 0. The van der Waals surface area contributed by atoms with Crippen LogP contribution in [0.15, 0.2) is 48.1 Å². The molecule has 3 amide bonds. The van der Waals surface area contributed by atoms with Gasteiger partial charge in [-0.15, -0.1) is 0 Å². The number of aldehydes is 1. The molecule has 0 aromatic heterocycles. The Labute approximate surface area is 229 Å². The van der Waals surface area contributed by atoms with E-state index in [0.29, 0.717) is 49.1 Å². The van der Waals surface area contributed by atoms with Gasteiger partial charge in [-0.2, -0.15) is 0 Å². The Balaban J connectivity index is 1.56. The zero-order chi connectivity index (χ0) is 27.7. The minimum absolute atomic E-state index is 0.116. The zero-order valence-corrected chi connectivity index (χ0v) is 22.8. The smallest absolute Gasteiger partial charge is 0.243 e. The minimum atomic E-state index is -1.02. The van der Waals surface area contributed by atoms with E-state index >= 15 is 0 Å². The van der Waals surface area contributed by atoms with Gasteiger partial charge in [-0.1, -0.05) is 68.7 Å². The van der Waals surface area contributed by atoms with E-state index in [9.17, 15) is 24.3 Å². The average Bonchev–Trinajstić information content (AvgIpc) is 3.30. The molecule has 38 heavy (non-hydrogen) atoms. The normalized spacial score (nSPS) is 23.1. The standard InChI is InChI=1S/C29H38ClN3O5/c1-3-4-8-24(28(38)32-23(18-34)15-20-11-14-31-27(20)37)33-26(36)17-25(35)19-9-12-29(2,13-10-19)21-6-5-7-22(30)16-21/h5-7,9-10,12,16,18,20,23-25,35H,3-4,8,11,13-15,17H2,1-2H3,(H,31,37)(H,32,38)(H,33,36)/t20-,23-,24-,25?,29?/m0/s1. The summed E-state index contributed by atoms with van der Waals surface area (Å²) in [6.07, 6.45) is 8.60. The first kappa shape index (κ1) is 29.6. The molecule has 2 unspecified atom stereocenters. The van der Waals surface area contributed by atoms with Gasteiger partial charge in [-0.05, 0) is 49.0 Å². The van der Waals surface area contributed by atoms with Crippen molar-refractivity contribution in [2.24, 2.45) is 5.92 Å². The second kappa shape index (κ2) is 13.7. The minimum Gasteiger partial charge on any atom is -0.388 e. The monoisotopic (exact) mass is 543 g/mol. The van der Waals surface area contributed by atoms with E-state index in [1.807, 2.05) is 49.4 Å². The number of aliphatic hydroxyl groups excluding tert-OH is 1. The lowest BCUT2D eigenvalue weighted by Crippen LogP contribution is -2.51. The summed E-state index contributed by atoms with van der Waals surface area (Å²) in [6, 6.07) is 6.02. The van der Waals surface area contributed by atoms with E-state index < -0.39 is 30.0 Å². The fourth-order valence-corrected chi connectivity index (χ4v) is 5.07. The molecular weight excluding hydrogens is 506 g/mol. The van der Waals surface area contributed by atoms with Crippen molar-refractivity contribution >= 4 is 35.6 Å². The Morgan fingerprint density at radius 3 is 2.71 bits per heavy atom. The van der Waals surface area contributed by atoms with Gasteiger partial charge in [0, 0.05) is 22.9 Å². The molecule has 0 spiro atoms. The number of halogens is 1. The zero-order valence-electron chi connectivity index (χ0n) is 22.0. The number of carbonyl (C=O) groups excluding carboxylic acids is 4. The summed E-state index contributed by atoms with van der Waals surface area (Å²) in [4.78, 5) is 49.2. The Morgan fingerprint density at radius 1 is 1.32 bits per heavy atom. The first-order valence-electron chi connectivity index (χ1n) is 13.3. The van der Waals surface area contributed by atoms with Crippen LogP contribution in [0.2, 0.25) is 5.02 Å². The highest BCUT2D eigenvalue weighted by atomic mass is 35.5. The first-order valence-corrected chi connectivity index (χ1v) is 13.7. The molecule has 2 aliphatic rings. The average molecular weight is 544 g/mol. The van der Waals surface area contributed by atoms with Gasteiger partial charge in [-0.25, -0.2) is 0 Å². The number of benzene rings is 1. The van der Waals surface area contributed by atoms with Gasteiger partial charge in [0.1, 0.15) is 12.3 Å². The van der Waals surface area contributed by atoms with Gasteiger partial charge in [-0.3, -0.25) is 14.4 Å². The topological polar surface area (TPSA) is 125 Å². The van der Waals surface area contributed by atoms with Gasteiger partial charge in [0.15, 0.2) is 0 Å². The highest BCUT2D eigenvalue weighted by Crippen LogP contribution is 2.35. The molecule has 1 aromatic rings. The fraction of sp³-hybridized carbons (Fsp3) is 0.517. The van der Waals surface area contributed by atoms with E-state index in [-0.39, 0.29) is 30.1 Å². The molecule has 9 heteroatoms. The number of hydrogen-bond acceptors (Lipinski definition) is 5. The van der Waals surface area contributed by atoms with Crippen LogP contribution in [-0.2, 0) is 24.6 Å². The first-order chi connectivity index (χ1) is 18.1. The van der Waals surface area contributed by atoms with Crippen LogP contribution in [0.4, 0.5) is 0 Å². The Morgan fingerprint density at radius 2 is 2.11 bits per heavy atom. The van der Waals surface area contributed by atoms with E-state index in [2.05, 4.69) is 22.9 Å². The number of unbranched alkanes of at least 4 members (excludes halogenated alkanes) is 1. The Hall–Kier alpha value is -2.97. The highest BCUT2D eigenvalue weighted by Gasteiger charge is 2.31. The summed E-state index contributed by atoms with van der Waals surface area (Å²) in [5.74, 6) is -1.35. The molecule has 5 atom stereocenters. The molecule has 1 saturated heterocycles. The second-order valence-corrected chi connectivity index (χ2v) is 10.9. The van der Waals surface area contributed by atoms with Crippen LogP contribution in [0.25, 0.3) is 0 Å². The Kier molecular flexibility index (Phi) is 10.7. The number of nitrogens with one attached hydrogen (secondary N) is 3. The molecule has 8 nitrogen and oxygen atoms in total. The van der Waals surface area contributed by atoms with Crippen molar-refractivity contribution in [2.45, 2.75) is 82.4 Å². The number of aliphatic hydroxyl groups is 1. The number of amides is 3. The maximum atomic E-state index is 12.9. The van der Waals surface area contributed by atoms with Crippen LogP contribution in [0.1, 0.15) is 64.4 Å². The molecule has 1 aliphatic carbocycles. The van der Waals surface area contributed by atoms with Crippen LogP contribution in [0.5, 0.6) is 0 Å². The van der Waals surface area contributed by atoms with Crippen molar-refractivity contribution in [3.05, 3.63) is 58.7 Å². The second-order valence-electron chi connectivity index (χ2n) is 10.4. The Bertz CT molecular complexity index is 1090. The largest absolute Gasteiger partial charge is 0.388 e. The molecule has 4 N–H and O–H groups in total. The molecule has 1 heterocycles. The van der Waals surface area contributed by atoms with Crippen LogP contribution < -0.4 is 16.0 Å². The maximum absolute atomic E-state index is 12.9. The molecule has 1 aromatic carbocycles. The summed E-state index contributed by atoms with van der Waals surface area (Å²) in [6.45, 7) is 4.63. The van der Waals surface area contributed by atoms with Crippen molar-refractivity contribution < 1.29 is 24.3 Å². The van der Waals surface area contributed by atoms with E-state index in [1.165, 1.54) is 0 Å². The number of rotatable bonds is 13. The van der Waals surface area contributed by atoms with Crippen LogP contribution in [0, 0.1) is 5.92 Å². The lowest BCUT2D eigenvalue weighted by Gasteiger charge is -2.30. The summed E-state index contributed by atoms with van der Waals surface area (Å²) in [5.41, 5.74) is 1.44. The van der Waals surface area contributed by atoms with Gasteiger partial charge in [0.25, 0.3) is 0 Å². The molecule has 1 fully saturated rings. The molecular formula is C29H38ClN3O5. The lowest BCUT2D eigenvalue weighted by atomic mass is 9.75. The third-order valence-electron chi connectivity index (χ3n) is 7.34. The summed E-state index contributed by atoms with van der Waals surface area (Å²) in [5, 5.41) is 19.5. The van der Waals surface area contributed by atoms with Crippen molar-refractivity contribution in [3.8, 4) is 0 Å². The third-order valence-corrected chi connectivity index (χ3v) is 7.58. The quantitative estimate of drug-likeness (QED) is 0.285. The molecule has 206 valence electrons. The predicted molar refractivity (Wildman–Crippen MR) is 146 cm³/mol. The third kappa shape index (κ3) is 8.01. The lowest BCUT2D eigenvalue weighted by molar-refractivity contribution is -0.131. The molecule has 0 saturated carbocycles. The molecule has 0 bridgehead atoms. The maximum Gasteiger partial charge on any atom is 0.243 e. The predicted octanol–water partition coefficient (Wildman–Crippen LogP) is 3.12. The van der Waals surface area contributed by atoms with E-state index in [4.69, 9.17) is 11.6 Å². The number of allylic oxidation sites excluding steroid dienone is 2. The summed E-state index contributed by atoms with van der Waals surface area (Å²) < 4.78 is 0. The van der Waals surface area contributed by atoms with Gasteiger partial charge < -0.3 is 25.9 Å². The van der Waals surface area contributed by atoms with Crippen molar-refractivity contribution in [2.75, 3.05) is 6.54 Å². The highest BCUT2D eigenvalue weighted by molar-refractivity contribution is 6.30. The SMILES string of the molecule is CCCC[C@H](NC(=O)CC(O)C1=CCC(C)(c2cccc(Cl)c2)C=C1)C(=O)N[C@H](C=O)C[C@@H]1CCNC1=O. The van der Waals surface area contributed by atoms with Crippen molar-refractivity contribution in [1.82, 2.24) is 16.0 Å². The fourth-order valence-electron chi connectivity index (χ4n) is 4.88. The van der Waals surface area contributed by atoms with E-state index in [0.717, 1.165) is 12.0 Å². The van der Waals surface area contributed by atoms with Crippen molar-refractivity contribution in [3.63, 3.8) is 0 Å². The summed E-state index contributed by atoms with van der Waals surface area (Å²) >= 11 is 6.15. The molecule has 3 rings (SSSR count). The van der Waals surface area contributed by atoms with Crippen molar-refractivity contribution in [1.29, 1.82) is 0 Å². The van der Waals surface area contributed by atoms with Gasteiger partial charge >= 0.3 is 0 Å². The van der Waals surface area contributed by atoms with Gasteiger partial charge in [0.2, 0.25) is 17.7 Å². The molecule has 0 radical (unpaired) electrons. The van der Waals surface area contributed by atoms with Crippen LogP contribution in [0.3, 0.4) is 0 Å². The van der Waals surface area contributed by atoms with E-state index in [1.54, 1.807) is 0 Å². The van der Waals surface area contributed by atoms with Crippen LogP contribution in [-0.4, -0.2) is 53.8 Å².